The van der Waals surface area contributed by atoms with Gasteiger partial charge in [-0.1, -0.05) is 23.2 Å². The highest BCUT2D eigenvalue weighted by Gasteiger charge is 2.30. The number of ketones is 1. The molecule has 6 heteroatoms. The fourth-order valence-corrected chi connectivity index (χ4v) is 3.01. The van der Waals surface area contributed by atoms with Crippen LogP contribution in [0, 0.1) is 5.92 Å². The van der Waals surface area contributed by atoms with Crippen molar-refractivity contribution in [1.82, 2.24) is 4.90 Å². The van der Waals surface area contributed by atoms with Gasteiger partial charge >= 0.3 is 0 Å². The van der Waals surface area contributed by atoms with E-state index in [1.807, 2.05) is 11.8 Å². The largest absolute Gasteiger partial charge is 0.369 e. The van der Waals surface area contributed by atoms with Crippen LogP contribution in [0.25, 0.3) is 0 Å². The molecule has 4 nitrogen and oxygen atoms in total. The second kappa shape index (κ2) is 6.77. The number of benzene rings is 1. The number of hydrogen-bond acceptors (Lipinski definition) is 3. The van der Waals surface area contributed by atoms with Crippen LogP contribution in [0.2, 0.25) is 10.0 Å². The lowest BCUT2D eigenvalue weighted by molar-refractivity contribution is -0.123. The van der Waals surface area contributed by atoms with Gasteiger partial charge < -0.3 is 5.73 Å². The first-order chi connectivity index (χ1) is 9.88. The van der Waals surface area contributed by atoms with E-state index in [1.165, 1.54) is 0 Å². The molecule has 0 radical (unpaired) electrons. The molecule has 21 heavy (non-hydrogen) atoms. The van der Waals surface area contributed by atoms with Crippen LogP contribution in [-0.2, 0) is 4.79 Å². The predicted octanol–water partition coefficient (Wildman–Crippen LogP) is 2.76. The molecule has 2 rings (SSSR count). The van der Waals surface area contributed by atoms with Crippen LogP contribution in [-0.4, -0.2) is 35.7 Å². The molecular formula is C15H18Cl2N2O2. The van der Waals surface area contributed by atoms with Gasteiger partial charge in [-0.2, -0.15) is 0 Å². The molecule has 1 aliphatic heterocycles. The third-order valence-electron chi connectivity index (χ3n) is 3.99. The maximum Gasteiger partial charge on any atom is 0.221 e. The molecular weight excluding hydrogens is 311 g/mol. The monoisotopic (exact) mass is 328 g/mol. The molecule has 114 valence electrons. The van der Waals surface area contributed by atoms with Gasteiger partial charge in [0.2, 0.25) is 5.91 Å². The van der Waals surface area contributed by atoms with Gasteiger partial charge in [-0.05, 0) is 38.0 Å². The summed E-state index contributed by atoms with van der Waals surface area (Å²) in [5.41, 5.74) is 5.79. The highest BCUT2D eigenvalue weighted by molar-refractivity contribution is 6.36. The second-order valence-corrected chi connectivity index (χ2v) is 6.35. The van der Waals surface area contributed by atoms with Crippen LogP contribution < -0.4 is 5.73 Å². The molecule has 0 aliphatic carbocycles. The van der Waals surface area contributed by atoms with Crippen molar-refractivity contribution in [3.63, 3.8) is 0 Å². The van der Waals surface area contributed by atoms with Gasteiger partial charge in [0.05, 0.1) is 17.5 Å². The first-order valence-corrected chi connectivity index (χ1v) is 7.65. The number of amides is 1. The molecule has 0 bridgehead atoms. The number of rotatable bonds is 4. The molecule has 1 aliphatic rings. The number of carbonyl (C=O) groups is 2. The average Bonchev–Trinajstić information content (AvgIpc) is 2.43. The van der Waals surface area contributed by atoms with E-state index in [0.29, 0.717) is 22.2 Å². The smallest absolute Gasteiger partial charge is 0.221 e. The quantitative estimate of drug-likeness (QED) is 0.864. The summed E-state index contributed by atoms with van der Waals surface area (Å²) in [6.45, 7) is 2.77. The molecule has 1 aromatic carbocycles. The number of nitrogens with two attached hydrogens (primary N) is 1. The first-order valence-electron chi connectivity index (χ1n) is 6.90. The molecule has 1 heterocycles. The van der Waals surface area contributed by atoms with Crippen LogP contribution in [0.1, 0.15) is 30.1 Å². The average molecular weight is 329 g/mol. The van der Waals surface area contributed by atoms with Crippen LogP contribution in [0.3, 0.4) is 0 Å². The third-order valence-corrected chi connectivity index (χ3v) is 4.55. The molecule has 2 N–H and O–H groups in total. The fourth-order valence-electron chi connectivity index (χ4n) is 2.61. The molecule has 1 amide bonds. The van der Waals surface area contributed by atoms with Crippen molar-refractivity contribution in [2.24, 2.45) is 11.7 Å². The Hall–Kier alpha value is -1.10. The van der Waals surface area contributed by atoms with Crippen LogP contribution >= 0.6 is 23.2 Å². The van der Waals surface area contributed by atoms with Crippen molar-refractivity contribution in [2.45, 2.75) is 25.8 Å². The van der Waals surface area contributed by atoms with Gasteiger partial charge in [-0.3, -0.25) is 14.5 Å². The van der Waals surface area contributed by atoms with Crippen LogP contribution in [0.15, 0.2) is 18.2 Å². The van der Waals surface area contributed by atoms with Gasteiger partial charge in [0.1, 0.15) is 0 Å². The van der Waals surface area contributed by atoms with Crippen LogP contribution in [0.4, 0.5) is 0 Å². The summed E-state index contributed by atoms with van der Waals surface area (Å²) < 4.78 is 0. The number of hydrogen-bond donors (Lipinski definition) is 1. The molecule has 0 spiro atoms. The number of piperidine rings is 1. The number of carbonyl (C=O) groups excluding carboxylic acids is 2. The Labute approximate surface area is 134 Å². The Balaban J connectivity index is 2.10. The standard InChI is InChI=1S/C15H18Cl2N2O2/c1-9-2-3-10(15(18)21)7-19(9)8-14(20)12-6-11(16)4-5-13(12)17/h4-6,9-10H,2-3,7-8H2,1H3,(H2,18,21). The Morgan fingerprint density at radius 3 is 2.71 bits per heavy atom. The highest BCUT2D eigenvalue weighted by Crippen LogP contribution is 2.24. The molecule has 1 fully saturated rings. The maximum atomic E-state index is 12.4. The van der Waals surface area contributed by atoms with E-state index in [0.717, 1.165) is 12.8 Å². The summed E-state index contributed by atoms with van der Waals surface area (Å²) in [5.74, 6) is -0.594. The minimum absolute atomic E-state index is 0.0977. The zero-order valence-corrected chi connectivity index (χ0v) is 13.3. The van der Waals surface area contributed by atoms with Gasteiger partial charge in [-0.15, -0.1) is 0 Å². The number of likely N-dealkylation sites (tertiary alicyclic amines) is 1. The SMILES string of the molecule is CC1CCC(C(N)=O)CN1CC(=O)c1cc(Cl)ccc1Cl. The Kier molecular flexibility index (Phi) is 5.25. The normalized spacial score (nSPS) is 23.0. The van der Waals surface area contributed by atoms with E-state index in [9.17, 15) is 9.59 Å². The lowest BCUT2D eigenvalue weighted by Crippen LogP contribution is -2.47. The van der Waals surface area contributed by atoms with Gasteiger partial charge in [0.25, 0.3) is 0 Å². The summed E-state index contributed by atoms with van der Waals surface area (Å²) in [7, 11) is 0. The van der Waals surface area contributed by atoms with Gasteiger partial charge in [0.15, 0.2) is 5.78 Å². The Morgan fingerprint density at radius 2 is 2.05 bits per heavy atom. The van der Waals surface area contributed by atoms with Gasteiger partial charge in [0, 0.05) is 23.2 Å². The van der Waals surface area contributed by atoms with Crippen LogP contribution in [0.5, 0.6) is 0 Å². The van der Waals surface area contributed by atoms with Crippen molar-refractivity contribution >= 4 is 34.9 Å². The van der Waals surface area contributed by atoms with Gasteiger partial charge in [-0.25, -0.2) is 0 Å². The van der Waals surface area contributed by atoms with E-state index in [4.69, 9.17) is 28.9 Å². The van der Waals surface area contributed by atoms with E-state index >= 15 is 0 Å². The molecule has 1 saturated heterocycles. The Bertz CT molecular complexity index is 563. The second-order valence-electron chi connectivity index (χ2n) is 5.50. The van der Waals surface area contributed by atoms with Crippen molar-refractivity contribution in [3.8, 4) is 0 Å². The van der Waals surface area contributed by atoms with E-state index in [-0.39, 0.29) is 30.2 Å². The summed E-state index contributed by atoms with van der Waals surface area (Å²) >= 11 is 12.0. The van der Waals surface area contributed by atoms with E-state index < -0.39 is 0 Å². The first kappa shape index (κ1) is 16.3. The summed E-state index contributed by atoms with van der Waals surface area (Å²) in [6, 6.07) is 5.07. The predicted molar refractivity (Wildman–Crippen MR) is 83.7 cm³/mol. The molecule has 0 saturated carbocycles. The number of primary amides is 1. The highest BCUT2D eigenvalue weighted by atomic mass is 35.5. The minimum atomic E-state index is -0.305. The lowest BCUT2D eigenvalue weighted by atomic mass is 9.92. The number of nitrogens with zero attached hydrogens (tertiary/aromatic N) is 1. The van der Waals surface area contributed by atoms with Crippen molar-refractivity contribution in [2.75, 3.05) is 13.1 Å². The van der Waals surface area contributed by atoms with Crippen molar-refractivity contribution in [1.29, 1.82) is 0 Å². The third kappa shape index (κ3) is 3.96. The fraction of sp³-hybridized carbons (Fsp3) is 0.467. The molecule has 0 aromatic heterocycles. The van der Waals surface area contributed by atoms with E-state index in [2.05, 4.69) is 0 Å². The van der Waals surface area contributed by atoms with Crippen molar-refractivity contribution < 1.29 is 9.59 Å². The molecule has 1 aromatic rings. The summed E-state index contributed by atoms with van der Waals surface area (Å²) in [5, 5.41) is 0.866. The number of halogens is 2. The zero-order valence-electron chi connectivity index (χ0n) is 11.8. The topological polar surface area (TPSA) is 63.4 Å². The molecule has 2 atom stereocenters. The molecule has 2 unspecified atom stereocenters. The Morgan fingerprint density at radius 1 is 1.33 bits per heavy atom. The van der Waals surface area contributed by atoms with Crippen molar-refractivity contribution in [3.05, 3.63) is 33.8 Å². The zero-order chi connectivity index (χ0) is 15.6. The number of Topliss-reactive ketones (excluding diaryl/α,β-unsaturated/α-hetero) is 1. The minimum Gasteiger partial charge on any atom is -0.369 e. The maximum absolute atomic E-state index is 12.4. The summed E-state index contributed by atoms with van der Waals surface area (Å²) in [6.07, 6.45) is 1.63. The van der Waals surface area contributed by atoms with E-state index in [1.54, 1.807) is 18.2 Å². The lowest BCUT2D eigenvalue weighted by Gasteiger charge is -2.36. The summed E-state index contributed by atoms with van der Waals surface area (Å²) in [4.78, 5) is 25.7.